The van der Waals surface area contributed by atoms with Crippen molar-refractivity contribution < 1.29 is 24.2 Å². The smallest absolute Gasteiger partial charge is 0.408 e. The minimum atomic E-state index is -0.863. The Morgan fingerprint density at radius 2 is 1.83 bits per heavy atom. The second kappa shape index (κ2) is 12.3. The van der Waals surface area contributed by atoms with Crippen molar-refractivity contribution in [2.24, 2.45) is 5.92 Å². The highest BCUT2D eigenvalue weighted by Crippen LogP contribution is 2.37. The number of hydrogen-bond acceptors (Lipinski definition) is 5. The number of unbranched alkanes of at least 4 members (excludes halogenated alkanes) is 2. The molecule has 1 aliphatic rings. The monoisotopic (exact) mass is 489 g/mol. The van der Waals surface area contributed by atoms with E-state index in [1.807, 2.05) is 13.8 Å². The molecule has 2 unspecified atom stereocenters. The number of nitrogens with one attached hydrogen (secondary N) is 2. The highest BCUT2D eigenvalue weighted by atomic mass is 16.6. The van der Waals surface area contributed by atoms with E-state index in [0.29, 0.717) is 17.7 Å². The predicted molar refractivity (Wildman–Crippen MR) is 136 cm³/mol. The zero-order chi connectivity index (χ0) is 26.3. The molecule has 2 atom stereocenters. The minimum Gasteiger partial charge on any atom is -0.508 e. The number of phenolic OH excluding ortho intramolecular Hbond substituents is 1. The van der Waals surface area contributed by atoms with Gasteiger partial charge in [0.1, 0.15) is 23.4 Å². The van der Waals surface area contributed by atoms with E-state index in [1.165, 1.54) is 0 Å². The first-order valence-electron chi connectivity index (χ1n) is 12.7. The van der Waals surface area contributed by atoms with Crippen molar-refractivity contribution in [3.8, 4) is 5.75 Å². The molecular formula is C27H43N3O5. The summed E-state index contributed by atoms with van der Waals surface area (Å²) in [6, 6.07) is 3.19. The molecule has 3 amide bonds. The van der Waals surface area contributed by atoms with Gasteiger partial charge in [0, 0.05) is 12.6 Å². The molecule has 0 spiro atoms. The number of carbonyl (C=O) groups is 3. The van der Waals surface area contributed by atoms with Crippen molar-refractivity contribution in [1.82, 2.24) is 15.5 Å². The third kappa shape index (κ3) is 8.44. The molecule has 0 heterocycles. The van der Waals surface area contributed by atoms with Crippen LogP contribution in [0.4, 0.5) is 4.79 Å². The molecule has 0 saturated heterocycles. The van der Waals surface area contributed by atoms with Crippen molar-refractivity contribution in [3.63, 3.8) is 0 Å². The number of aromatic hydroxyl groups is 1. The van der Waals surface area contributed by atoms with Gasteiger partial charge in [0.2, 0.25) is 11.8 Å². The highest BCUT2D eigenvalue weighted by Gasteiger charge is 2.44. The van der Waals surface area contributed by atoms with Gasteiger partial charge >= 0.3 is 6.09 Å². The molecule has 0 aliphatic heterocycles. The predicted octanol–water partition coefficient (Wildman–Crippen LogP) is 4.59. The van der Waals surface area contributed by atoms with Gasteiger partial charge in [-0.3, -0.25) is 9.59 Å². The Morgan fingerprint density at radius 1 is 1.17 bits per heavy atom. The van der Waals surface area contributed by atoms with Crippen molar-refractivity contribution in [2.75, 3.05) is 6.54 Å². The average Bonchev–Trinajstić information content (AvgIpc) is 3.58. The van der Waals surface area contributed by atoms with Crippen LogP contribution in [0.25, 0.3) is 0 Å². The molecule has 196 valence electrons. The summed E-state index contributed by atoms with van der Waals surface area (Å²) >= 11 is 0. The maximum absolute atomic E-state index is 13.9. The van der Waals surface area contributed by atoms with Crippen LogP contribution in [0.2, 0.25) is 0 Å². The molecule has 1 saturated carbocycles. The van der Waals surface area contributed by atoms with Crippen LogP contribution in [0.1, 0.15) is 90.8 Å². The molecule has 3 N–H and O–H groups in total. The zero-order valence-electron chi connectivity index (χ0n) is 22.3. The van der Waals surface area contributed by atoms with Crippen molar-refractivity contribution in [3.05, 3.63) is 29.3 Å². The van der Waals surface area contributed by atoms with E-state index in [-0.39, 0.29) is 29.5 Å². The van der Waals surface area contributed by atoms with E-state index in [2.05, 4.69) is 17.6 Å². The number of aryl methyl sites for hydroxylation is 1. The fraction of sp³-hybridized carbons (Fsp3) is 0.667. The van der Waals surface area contributed by atoms with Crippen LogP contribution in [0.3, 0.4) is 0 Å². The Balaban J connectivity index is 2.40. The second-order valence-electron chi connectivity index (χ2n) is 10.8. The first kappa shape index (κ1) is 28.5. The Bertz CT molecular complexity index is 889. The second-order valence-corrected chi connectivity index (χ2v) is 10.8. The van der Waals surface area contributed by atoms with Crippen LogP contribution in [0.15, 0.2) is 18.2 Å². The normalized spacial score (nSPS) is 15.3. The summed E-state index contributed by atoms with van der Waals surface area (Å²) in [4.78, 5) is 41.6. The average molecular weight is 490 g/mol. The molecule has 2 rings (SSSR count). The van der Waals surface area contributed by atoms with Gasteiger partial charge in [-0.05, 0) is 76.1 Å². The number of nitrogens with zero attached hydrogens (tertiary/aromatic N) is 1. The quantitative estimate of drug-likeness (QED) is 0.394. The van der Waals surface area contributed by atoms with E-state index in [4.69, 9.17) is 4.74 Å². The third-order valence-electron chi connectivity index (χ3n) is 5.94. The summed E-state index contributed by atoms with van der Waals surface area (Å²) in [6.45, 7) is 13.4. The standard InChI is InChI=1S/C27H43N3O5/c1-8-9-10-15-28-24(32)23(19-11-14-21(31)18(4)16-19)30(20-12-13-20)25(33)22(17(2)3)29-26(34)35-27(5,6)7/h11,14,16-17,20,22-23,31H,8-10,12-13,15H2,1-7H3,(H,28,32)(H,29,34). The van der Waals surface area contributed by atoms with Gasteiger partial charge in [0.25, 0.3) is 0 Å². The fourth-order valence-corrected chi connectivity index (χ4v) is 3.95. The van der Waals surface area contributed by atoms with Gasteiger partial charge in [0.15, 0.2) is 0 Å². The topological polar surface area (TPSA) is 108 Å². The van der Waals surface area contributed by atoms with Gasteiger partial charge in [-0.25, -0.2) is 4.79 Å². The first-order valence-corrected chi connectivity index (χ1v) is 12.7. The number of amides is 3. The van der Waals surface area contributed by atoms with E-state index < -0.39 is 23.8 Å². The van der Waals surface area contributed by atoms with Gasteiger partial charge in [0.05, 0.1) is 0 Å². The molecule has 1 aromatic carbocycles. The Morgan fingerprint density at radius 3 is 2.34 bits per heavy atom. The molecule has 8 nitrogen and oxygen atoms in total. The minimum absolute atomic E-state index is 0.0929. The molecular weight excluding hydrogens is 446 g/mol. The van der Waals surface area contributed by atoms with Crippen molar-refractivity contribution in [1.29, 1.82) is 0 Å². The van der Waals surface area contributed by atoms with Gasteiger partial charge in [-0.2, -0.15) is 0 Å². The number of benzene rings is 1. The lowest BCUT2D eigenvalue weighted by Crippen LogP contribution is -2.55. The SMILES string of the molecule is CCCCCNC(=O)C(c1ccc(O)c(C)c1)N(C(=O)C(NC(=O)OC(C)(C)C)C(C)C)C1CC1. The zero-order valence-corrected chi connectivity index (χ0v) is 22.3. The summed E-state index contributed by atoms with van der Waals surface area (Å²) in [7, 11) is 0. The molecule has 1 fully saturated rings. The highest BCUT2D eigenvalue weighted by molar-refractivity contribution is 5.92. The van der Waals surface area contributed by atoms with Crippen LogP contribution in [-0.2, 0) is 14.3 Å². The Labute approximate surface area is 209 Å². The number of hydrogen-bond donors (Lipinski definition) is 3. The summed E-state index contributed by atoms with van der Waals surface area (Å²) in [5.41, 5.74) is 0.560. The lowest BCUT2D eigenvalue weighted by Gasteiger charge is -2.36. The lowest BCUT2D eigenvalue weighted by atomic mass is 9.97. The van der Waals surface area contributed by atoms with Crippen LogP contribution in [0.5, 0.6) is 5.75 Å². The first-order chi connectivity index (χ1) is 16.4. The van der Waals surface area contributed by atoms with E-state index in [0.717, 1.165) is 32.1 Å². The van der Waals surface area contributed by atoms with Crippen LogP contribution in [-0.4, -0.2) is 52.1 Å². The number of ether oxygens (including phenoxy) is 1. The van der Waals surface area contributed by atoms with Crippen molar-refractivity contribution in [2.45, 2.75) is 104 Å². The molecule has 0 aromatic heterocycles. The number of rotatable bonds is 11. The summed E-state index contributed by atoms with van der Waals surface area (Å²) < 4.78 is 5.39. The van der Waals surface area contributed by atoms with Crippen LogP contribution in [0, 0.1) is 12.8 Å². The largest absolute Gasteiger partial charge is 0.508 e. The summed E-state index contributed by atoms with van der Waals surface area (Å²) in [5.74, 6) is -0.656. The Kier molecular flexibility index (Phi) is 9.98. The van der Waals surface area contributed by atoms with Gasteiger partial charge < -0.3 is 25.4 Å². The van der Waals surface area contributed by atoms with Gasteiger partial charge in [-0.1, -0.05) is 39.7 Å². The van der Waals surface area contributed by atoms with Crippen LogP contribution < -0.4 is 10.6 Å². The summed E-state index contributed by atoms with van der Waals surface area (Å²) in [6.07, 6.45) is 3.82. The van der Waals surface area contributed by atoms with Crippen molar-refractivity contribution >= 4 is 17.9 Å². The lowest BCUT2D eigenvalue weighted by molar-refractivity contribution is -0.144. The molecule has 0 radical (unpaired) electrons. The molecule has 1 aromatic rings. The third-order valence-corrected chi connectivity index (χ3v) is 5.94. The number of alkyl carbamates (subject to hydrolysis) is 1. The maximum atomic E-state index is 13.9. The summed E-state index contributed by atoms with van der Waals surface area (Å²) in [5, 5.41) is 15.8. The van der Waals surface area contributed by atoms with E-state index >= 15 is 0 Å². The number of phenols is 1. The van der Waals surface area contributed by atoms with Crippen LogP contribution >= 0.6 is 0 Å². The van der Waals surface area contributed by atoms with E-state index in [1.54, 1.807) is 50.8 Å². The molecule has 8 heteroatoms. The van der Waals surface area contributed by atoms with E-state index in [9.17, 15) is 19.5 Å². The molecule has 0 bridgehead atoms. The van der Waals surface area contributed by atoms with Gasteiger partial charge in [-0.15, -0.1) is 0 Å². The fourth-order valence-electron chi connectivity index (χ4n) is 3.95. The number of carbonyl (C=O) groups excluding carboxylic acids is 3. The molecule has 1 aliphatic carbocycles. The molecule has 35 heavy (non-hydrogen) atoms. The Hall–Kier alpha value is -2.77. The maximum Gasteiger partial charge on any atom is 0.408 e.